The summed E-state index contributed by atoms with van der Waals surface area (Å²) in [6.45, 7) is 0. The van der Waals surface area contributed by atoms with Crippen LogP contribution >= 0.6 is 0 Å². The molecule has 3 aromatic rings. The lowest BCUT2D eigenvalue weighted by molar-refractivity contribution is -0.122. The van der Waals surface area contributed by atoms with Gasteiger partial charge in [-0.15, -0.1) is 0 Å². The van der Waals surface area contributed by atoms with Crippen molar-refractivity contribution in [2.45, 2.75) is 10.9 Å². The van der Waals surface area contributed by atoms with E-state index in [1.54, 1.807) is 30.3 Å². The summed E-state index contributed by atoms with van der Waals surface area (Å²) < 4.78 is 54.1. The number of hydrogen-bond acceptors (Lipinski definition) is 4. The van der Waals surface area contributed by atoms with Crippen molar-refractivity contribution in [2.75, 3.05) is 18.4 Å². The molecule has 0 aliphatic carbocycles. The molecule has 1 unspecified atom stereocenters. The van der Waals surface area contributed by atoms with E-state index < -0.39 is 39.5 Å². The summed E-state index contributed by atoms with van der Waals surface area (Å²) in [6, 6.07) is 15.2. The Morgan fingerprint density at radius 1 is 0.909 bits per heavy atom. The zero-order chi connectivity index (χ0) is 24.2. The molecule has 33 heavy (non-hydrogen) atoms. The maximum atomic E-state index is 13.7. The van der Waals surface area contributed by atoms with Gasteiger partial charge in [-0.3, -0.25) is 13.9 Å². The number of sulfonamides is 1. The zero-order valence-electron chi connectivity index (χ0n) is 17.7. The van der Waals surface area contributed by atoms with Crippen LogP contribution in [-0.2, 0) is 14.8 Å². The van der Waals surface area contributed by atoms with E-state index in [2.05, 4.69) is 10.6 Å². The third kappa shape index (κ3) is 5.17. The number of carbonyl (C=O) groups excluding carboxylic acids is 2. The largest absolute Gasteiger partial charge is 0.357 e. The molecular formula is C23H21F2N3O4S. The van der Waals surface area contributed by atoms with E-state index in [4.69, 9.17) is 0 Å². The number of nitrogens with one attached hydrogen (secondary N) is 2. The first kappa shape index (κ1) is 23.9. The molecule has 2 N–H and O–H groups in total. The van der Waals surface area contributed by atoms with Gasteiger partial charge in [0.15, 0.2) is 11.6 Å². The number of para-hydroxylation sites is 1. The number of rotatable bonds is 7. The molecule has 7 nitrogen and oxygen atoms in total. The number of anilines is 1. The third-order valence-electron chi connectivity index (χ3n) is 4.94. The molecule has 0 fully saturated rings. The lowest BCUT2D eigenvalue weighted by atomic mass is 10.0. The normalized spacial score (nSPS) is 12.0. The summed E-state index contributed by atoms with van der Waals surface area (Å²) >= 11 is 0. The Hall–Kier alpha value is -3.79. The van der Waals surface area contributed by atoms with Gasteiger partial charge in [0.25, 0.3) is 15.9 Å². The smallest absolute Gasteiger partial charge is 0.264 e. The van der Waals surface area contributed by atoms with Crippen molar-refractivity contribution in [3.63, 3.8) is 0 Å². The molecule has 0 saturated carbocycles. The first-order chi connectivity index (χ1) is 15.6. The fourth-order valence-corrected chi connectivity index (χ4v) is 4.33. The van der Waals surface area contributed by atoms with E-state index in [0.717, 1.165) is 16.4 Å². The fraction of sp³-hybridized carbons (Fsp3) is 0.130. The SMILES string of the molecule is CNC(=O)C(NC(=O)c1cccc(S(=O)(=O)N(C)c2ccccc2)c1)c1ccc(F)c(F)c1. The van der Waals surface area contributed by atoms with Crippen LogP contribution < -0.4 is 14.9 Å². The monoisotopic (exact) mass is 473 g/mol. The van der Waals surface area contributed by atoms with Crippen molar-refractivity contribution in [2.24, 2.45) is 0 Å². The van der Waals surface area contributed by atoms with Crippen LogP contribution in [0.15, 0.2) is 77.7 Å². The molecule has 0 spiro atoms. The molecule has 3 aromatic carbocycles. The van der Waals surface area contributed by atoms with E-state index >= 15 is 0 Å². The topological polar surface area (TPSA) is 95.6 Å². The number of likely N-dealkylation sites (N-methyl/N-ethyl adjacent to an activating group) is 1. The van der Waals surface area contributed by atoms with Crippen molar-refractivity contribution in [3.05, 3.63) is 95.6 Å². The average molecular weight is 474 g/mol. The zero-order valence-corrected chi connectivity index (χ0v) is 18.6. The minimum absolute atomic E-state index is 0.0224. The van der Waals surface area contributed by atoms with Crippen molar-refractivity contribution >= 4 is 27.5 Å². The van der Waals surface area contributed by atoms with Crippen LogP contribution in [0.1, 0.15) is 22.0 Å². The van der Waals surface area contributed by atoms with Gasteiger partial charge < -0.3 is 10.6 Å². The number of hydrogen-bond donors (Lipinski definition) is 2. The lowest BCUT2D eigenvalue weighted by Gasteiger charge is -2.20. The predicted molar refractivity (Wildman–Crippen MR) is 119 cm³/mol. The van der Waals surface area contributed by atoms with E-state index in [1.807, 2.05) is 0 Å². The van der Waals surface area contributed by atoms with Gasteiger partial charge in [-0.2, -0.15) is 0 Å². The van der Waals surface area contributed by atoms with Gasteiger partial charge in [0.1, 0.15) is 6.04 Å². The summed E-state index contributed by atoms with van der Waals surface area (Å²) in [7, 11) is -1.26. The average Bonchev–Trinajstić information content (AvgIpc) is 2.83. The summed E-state index contributed by atoms with van der Waals surface area (Å²) in [5.74, 6) is -3.71. The summed E-state index contributed by atoms with van der Waals surface area (Å²) in [5, 5.41) is 4.79. The summed E-state index contributed by atoms with van der Waals surface area (Å²) in [4.78, 5) is 25.0. The van der Waals surface area contributed by atoms with Crippen molar-refractivity contribution in [1.29, 1.82) is 0 Å². The van der Waals surface area contributed by atoms with Crippen LogP contribution in [0.5, 0.6) is 0 Å². The molecule has 0 aliphatic rings. The first-order valence-corrected chi connectivity index (χ1v) is 11.2. The maximum Gasteiger partial charge on any atom is 0.264 e. The van der Waals surface area contributed by atoms with Gasteiger partial charge in [-0.25, -0.2) is 17.2 Å². The highest BCUT2D eigenvalue weighted by Crippen LogP contribution is 2.23. The molecule has 0 saturated heterocycles. The molecule has 0 heterocycles. The standard InChI is InChI=1S/C23H21F2N3O4S/c1-26-23(30)21(15-11-12-19(24)20(25)14-15)27-22(29)16-7-6-10-18(13-16)33(31,32)28(2)17-8-4-3-5-9-17/h3-14,21H,1-2H3,(H,26,30)(H,27,29). The number of carbonyl (C=O) groups is 2. The quantitative estimate of drug-likeness (QED) is 0.552. The van der Waals surface area contributed by atoms with E-state index in [0.29, 0.717) is 5.69 Å². The van der Waals surface area contributed by atoms with E-state index in [9.17, 15) is 26.8 Å². The van der Waals surface area contributed by atoms with Gasteiger partial charge in [-0.05, 0) is 48.0 Å². The van der Waals surface area contributed by atoms with E-state index in [1.165, 1.54) is 44.4 Å². The van der Waals surface area contributed by atoms with Gasteiger partial charge >= 0.3 is 0 Å². The van der Waals surface area contributed by atoms with Crippen LogP contribution in [0, 0.1) is 11.6 Å². The second-order valence-electron chi connectivity index (χ2n) is 7.03. The van der Waals surface area contributed by atoms with Gasteiger partial charge in [0, 0.05) is 19.7 Å². The fourth-order valence-electron chi connectivity index (χ4n) is 3.08. The Bertz CT molecular complexity index is 1280. The molecular weight excluding hydrogens is 452 g/mol. The van der Waals surface area contributed by atoms with Crippen LogP contribution in [0.2, 0.25) is 0 Å². The molecule has 10 heteroatoms. The van der Waals surface area contributed by atoms with Gasteiger partial charge in [0.05, 0.1) is 10.6 Å². The summed E-state index contributed by atoms with van der Waals surface area (Å²) in [6.07, 6.45) is 0. The Kier molecular flexibility index (Phi) is 7.07. The van der Waals surface area contributed by atoms with Crippen LogP contribution in [0.25, 0.3) is 0 Å². The second-order valence-corrected chi connectivity index (χ2v) is 9.00. The number of amides is 2. The second kappa shape index (κ2) is 9.78. The highest BCUT2D eigenvalue weighted by molar-refractivity contribution is 7.92. The molecule has 172 valence electrons. The van der Waals surface area contributed by atoms with E-state index in [-0.39, 0.29) is 16.0 Å². The Morgan fingerprint density at radius 2 is 1.61 bits per heavy atom. The van der Waals surface area contributed by atoms with Crippen LogP contribution in [0.4, 0.5) is 14.5 Å². The molecule has 0 radical (unpaired) electrons. The number of halogens is 2. The number of nitrogens with zero attached hydrogens (tertiary/aromatic N) is 1. The minimum Gasteiger partial charge on any atom is -0.357 e. The maximum absolute atomic E-state index is 13.7. The Balaban J connectivity index is 1.90. The molecule has 1 atom stereocenters. The van der Waals surface area contributed by atoms with Gasteiger partial charge in [-0.1, -0.05) is 30.3 Å². The van der Waals surface area contributed by atoms with Gasteiger partial charge in [0.2, 0.25) is 5.91 Å². The molecule has 0 aliphatic heterocycles. The van der Waals surface area contributed by atoms with Crippen molar-refractivity contribution in [3.8, 4) is 0 Å². The Morgan fingerprint density at radius 3 is 2.24 bits per heavy atom. The lowest BCUT2D eigenvalue weighted by Crippen LogP contribution is -2.39. The first-order valence-electron chi connectivity index (χ1n) is 9.76. The predicted octanol–water partition coefficient (Wildman–Crippen LogP) is 3.01. The molecule has 2 amide bonds. The highest BCUT2D eigenvalue weighted by atomic mass is 32.2. The molecule has 0 aromatic heterocycles. The van der Waals surface area contributed by atoms with Crippen molar-refractivity contribution in [1.82, 2.24) is 10.6 Å². The third-order valence-corrected chi connectivity index (χ3v) is 6.72. The molecule has 3 rings (SSSR count). The summed E-state index contributed by atoms with van der Waals surface area (Å²) in [5.41, 5.74) is 0.425. The van der Waals surface area contributed by atoms with Crippen molar-refractivity contribution < 1.29 is 26.8 Å². The minimum atomic E-state index is -3.98. The van der Waals surface area contributed by atoms with Crippen LogP contribution in [-0.4, -0.2) is 34.3 Å². The Labute approximate surface area is 190 Å². The van der Waals surface area contributed by atoms with Crippen LogP contribution in [0.3, 0.4) is 0 Å². The molecule has 0 bridgehead atoms. The number of benzene rings is 3. The highest BCUT2D eigenvalue weighted by Gasteiger charge is 2.26.